The van der Waals surface area contributed by atoms with Crippen molar-refractivity contribution in [3.05, 3.63) is 34.3 Å². The third-order valence-corrected chi connectivity index (χ3v) is 2.55. The van der Waals surface area contributed by atoms with Gasteiger partial charge in [0, 0.05) is 11.4 Å². The van der Waals surface area contributed by atoms with Crippen LogP contribution in [0.2, 0.25) is 5.02 Å². The lowest BCUT2D eigenvalue weighted by atomic mass is 9.99. The molecule has 1 aromatic rings. The van der Waals surface area contributed by atoms with Crippen molar-refractivity contribution < 1.29 is 19.8 Å². The minimum atomic E-state index is -1.61. The number of carboxylic acid groups (broad SMARTS) is 1. The molecule has 0 aliphatic heterocycles. The van der Waals surface area contributed by atoms with Gasteiger partial charge in [0.05, 0.1) is 0 Å². The van der Waals surface area contributed by atoms with Gasteiger partial charge in [-0.25, -0.2) is 4.79 Å². The topological polar surface area (TPSA) is 74.6 Å². The first-order valence-corrected chi connectivity index (χ1v) is 5.07. The van der Waals surface area contributed by atoms with Crippen LogP contribution in [0.1, 0.15) is 23.7 Å². The third kappa shape index (κ3) is 2.81. The summed E-state index contributed by atoms with van der Waals surface area (Å²) >= 11 is 5.89. The molecule has 5 heteroatoms. The van der Waals surface area contributed by atoms with E-state index in [9.17, 15) is 14.7 Å². The molecule has 16 heavy (non-hydrogen) atoms. The van der Waals surface area contributed by atoms with Crippen LogP contribution in [-0.2, 0) is 16.0 Å². The number of carbonyl (C=O) groups excluding carboxylic acids is 1. The van der Waals surface area contributed by atoms with Gasteiger partial charge in [0.2, 0.25) is 0 Å². The highest BCUT2D eigenvalue weighted by molar-refractivity contribution is 6.31. The molecule has 2 N–H and O–H groups in total. The van der Waals surface area contributed by atoms with Gasteiger partial charge in [0.15, 0.2) is 6.10 Å². The van der Waals surface area contributed by atoms with Gasteiger partial charge in [-0.2, -0.15) is 0 Å². The highest BCUT2D eigenvalue weighted by atomic mass is 35.5. The molecule has 4 nitrogen and oxygen atoms in total. The molecule has 1 atom stereocenters. The molecule has 0 saturated carbocycles. The van der Waals surface area contributed by atoms with Crippen molar-refractivity contribution in [2.24, 2.45) is 0 Å². The second-order valence-electron chi connectivity index (χ2n) is 3.25. The SMILES string of the molecule is O=CCCc1c(Cl)cccc1C(O)C(=O)O. The lowest BCUT2D eigenvalue weighted by Gasteiger charge is -2.12. The van der Waals surface area contributed by atoms with Crippen LogP contribution in [0, 0.1) is 0 Å². The van der Waals surface area contributed by atoms with Gasteiger partial charge in [0.1, 0.15) is 6.29 Å². The summed E-state index contributed by atoms with van der Waals surface area (Å²) in [7, 11) is 0. The van der Waals surface area contributed by atoms with E-state index in [1.165, 1.54) is 6.07 Å². The second kappa shape index (κ2) is 5.63. The predicted octanol–water partition coefficient (Wildman–Crippen LogP) is 1.59. The maximum absolute atomic E-state index is 10.7. The van der Waals surface area contributed by atoms with Gasteiger partial charge in [-0.15, -0.1) is 0 Å². The van der Waals surface area contributed by atoms with Gasteiger partial charge in [0.25, 0.3) is 0 Å². The van der Waals surface area contributed by atoms with Crippen molar-refractivity contribution in [1.82, 2.24) is 0 Å². The first kappa shape index (κ1) is 12.7. The molecular weight excluding hydrogens is 232 g/mol. The van der Waals surface area contributed by atoms with E-state index < -0.39 is 12.1 Å². The minimum Gasteiger partial charge on any atom is -0.479 e. The minimum absolute atomic E-state index is 0.238. The predicted molar refractivity (Wildman–Crippen MR) is 58.4 cm³/mol. The maximum Gasteiger partial charge on any atom is 0.337 e. The largest absolute Gasteiger partial charge is 0.479 e. The Morgan fingerprint density at radius 3 is 2.75 bits per heavy atom. The number of benzene rings is 1. The summed E-state index contributed by atoms with van der Waals surface area (Å²) in [6.07, 6.45) is -0.327. The average molecular weight is 243 g/mol. The summed E-state index contributed by atoms with van der Waals surface area (Å²) in [5, 5.41) is 18.5. The van der Waals surface area contributed by atoms with Crippen LogP contribution >= 0.6 is 11.6 Å². The van der Waals surface area contributed by atoms with Gasteiger partial charge in [-0.3, -0.25) is 0 Å². The number of aliphatic hydroxyl groups excluding tert-OH is 1. The molecule has 0 heterocycles. The number of rotatable bonds is 5. The molecule has 1 unspecified atom stereocenters. The number of carboxylic acids is 1. The molecular formula is C11H11ClO4. The number of hydrogen-bond donors (Lipinski definition) is 2. The van der Waals surface area contributed by atoms with E-state index in [1.807, 2.05) is 0 Å². The van der Waals surface area contributed by atoms with Gasteiger partial charge < -0.3 is 15.0 Å². The van der Waals surface area contributed by atoms with Gasteiger partial charge >= 0.3 is 5.97 Å². The van der Waals surface area contributed by atoms with Crippen LogP contribution in [0.5, 0.6) is 0 Å². The standard InChI is InChI=1S/C11H11ClO4/c12-9-5-1-3-8(10(14)11(15)16)7(9)4-2-6-13/h1,3,5-6,10,14H,2,4H2,(H,15,16). The molecule has 0 aliphatic rings. The second-order valence-corrected chi connectivity index (χ2v) is 3.66. The monoisotopic (exact) mass is 242 g/mol. The van der Waals surface area contributed by atoms with E-state index >= 15 is 0 Å². The zero-order valence-corrected chi connectivity index (χ0v) is 9.15. The summed E-state index contributed by atoms with van der Waals surface area (Å²) in [5.41, 5.74) is 0.744. The highest BCUT2D eigenvalue weighted by Gasteiger charge is 2.20. The fraction of sp³-hybridized carbons (Fsp3) is 0.273. The first-order valence-electron chi connectivity index (χ1n) is 4.69. The highest BCUT2D eigenvalue weighted by Crippen LogP contribution is 2.26. The van der Waals surface area contributed by atoms with E-state index in [1.54, 1.807) is 12.1 Å². The van der Waals surface area contributed by atoms with Crippen molar-refractivity contribution in [3.63, 3.8) is 0 Å². The Morgan fingerprint density at radius 1 is 1.50 bits per heavy atom. The third-order valence-electron chi connectivity index (χ3n) is 2.20. The lowest BCUT2D eigenvalue weighted by molar-refractivity contribution is -0.147. The van der Waals surface area contributed by atoms with Crippen molar-refractivity contribution in [2.75, 3.05) is 0 Å². The van der Waals surface area contributed by atoms with Crippen molar-refractivity contribution in [1.29, 1.82) is 0 Å². The molecule has 86 valence electrons. The zero-order chi connectivity index (χ0) is 12.1. The molecule has 0 aliphatic carbocycles. The fourth-order valence-electron chi connectivity index (χ4n) is 1.43. The molecule has 0 radical (unpaired) electrons. The quantitative estimate of drug-likeness (QED) is 0.769. The molecule has 0 fully saturated rings. The van der Waals surface area contributed by atoms with Crippen molar-refractivity contribution in [3.8, 4) is 0 Å². The van der Waals surface area contributed by atoms with Crippen LogP contribution in [0.3, 0.4) is 0 Å². The summed E-state index contributed by atoms with van der Waals surface area (Å²) in [5.74, 6) is -1.34. The number of aliphatic carboxylic acids is 1. The Labute approximate surface area is 97.5 Å². The van der Waals surface area contributed by atoms with Crippen LogP contribution in [0.4, 0.5) is 0 Å². The summed E-state index contributed by atoms with van der Waals surface area (Å²) < 4.78 is 0. The lowest BCUT2D eigenvalue weighted by Crippen LogP contribution is -2.13. The summed E-state index contributed by atoms with van der Waals surface area (Å²) in [6.45, 7) is 0. The maximum atomic E-state index is 10.7. The van der Waals surface area contributed by atoms with E-state index in [0.717, 1.165) is 6.29 Å². The Balaban J connectivity index is 3.11. The molecule has 0 spiro atoms. The van der Waals surface area contributed by atoms with Gasteiger partial charge in [-0.05, 0) is 23.6 Å². The normalized spacial score (nSPS) is 12.1. The van der Waals surface area contributed by atoms with Gasteiger partial charge in [-0.1, -0.05) is 23.7 Å². The number of halogens is 1. The Kier molecular flexibility index (Phi) is 4.46. The summed E-state index contributed by atoms with van der Waals surface area (Å²) in [6, 6.07) is 4.65. The van der Waals surface area contributed by atoms with Crippen molar-refractivity contribution in [2.45, 2.75) is 18.9 Å². The Hall–Kier alpha value is -1.39. The number of aldehydes is 1. The molecule has 0 aromatic heterocycles. The smallest absolute Gasteiger partial charge is 0.337 e. The molecule has 1 rings (SSSR count). The number of carbonyl (C=O) groups is 2. The van der Waals surface area contributed by atoms with E-state index in [2.05, 4.69) is 0 Å². The van der Waals surface area contributed by atoms with Crippen LogP contribution in [0.25, 0.3) is 0 Å². The van der Waals surface area contributed by atoms with E-state index in [-0.39, 0.29) is 12.0 Å². The number of aliphatic hydroxyl groups is 1. The van der Waals surface area contributed by atoms with Crippen LogP contribution in [-0.4, -0.2) is 22.5 Å². The van der Waals surface area contributed by atoms with E-state index in [4.69, 9.17) is 16.7 Å². The fourth-order valence-corrected chi connectivity index (χ4v) is 1.71. The Bertz CT molecular complexity index is 403. The van der Waals surface area contributed by atoms with Crippen LogP contribution < -0.4 is 0 Å². The molecule has 0 amide bonds. The van der Waals surface area contributed by atoms with Crippen LogP contribution in [0.15, 0.2) is 18.2 Å². The van der Waals surface area contributed by atoms with Crippen molar-refractivity contribution >= 4 is 23.9 Å². The van der Waals surface area contributed by atoms with E-state index in [0.29, 0.717) is 17.0 Å². The first-order chi connectivity index (χ1) is 7.57. The molecule has 0 saturated heterocycles. The summed E-state index contributed by atoms with van der Waals surface area (Å²) in [4.78, 5) is 21.0. The number of hydrogen-bond acceptors (Lipinski definition) is 3. The molecule has 1 aromatic carbocycles. The zero-order valence-electron chi connectivity index (χ0n) is 8.39. The Morgan fingerprint density at radius 2 is 2.19 bits per heavy atom. The average Bonchev–Trinajstić information content (AvgIpc) is 2.26. The molecule has 0 bridgehead atoms.